The molecule has 7 nitrogen and oxygen atoms in total. The average molecular weight is 335 g/mol. The van der Waals surface area contributed by atoms with E-state index >= 15 is 0 Å². The Balaban J connectivity index is 2.16. The first kappa shape index (κ1) is 16.3. The van der Waals surface area contributed by atoms with Crippen molar-refractivity contribution in [2.24, 2.45) is 0 Å². The molecular weight excluding hydrogens is 316 g/mol. The molecule has 0 unspecified atom stereocenters. The van der Waals surface area contributed by atoms with E-state index in [-0.39, 0.29) is 5.91 Å². The van der Waals surface area contributed by atoms with Crippen molar-refractivity contribution in [2.45, 2.75) is 20.4 Å². The van der Waals surface area contributed by atoms with Gasteiger partial charge < -0.3 is 4.90 Å². The van der Waals surface area contributed by atoms with Crippen molar-refractivity contribution < 1.29 is 13.2 Å². The summed E-state index contributed by atoms with van der Waals surface area (Å²) in [5.41, 5.74) is 1.00. The van der Waals surface area contributed by atoms with Gasteiger partial charge in [-0.25, -0.2) is 8.42 Å². The van der Waals surface area contributed by atoms with E-state index in [1.54, 1.807) is 16.5 Å². The summed E-state index contributed by atoms with van der Waals surface area (Å²) in [6.07, 6.45) is 1.18. The molecule has 0 bridgehead atoms. The Labute approximate surface area is 129 Å². The fourth-order valence-corrected chi connectivity index (χ4v) is 3.41. The van der Waals surface area contributed by atoms with E-state index in [9.17, 15) is 13.2 Å². The minimum Gasteiger partial charge on any atom is -0.335 e. The number of amides is 1. The second-order valence-corrected chi connectivity index (χ2v) is 7.38. The number of halogens is 1. The maximum absolute atomic E-state index is 12.6. The summed E-state index contributed by atoms with van der Waals surface area (Å²) in [4.78, 5) is 14.2. The first-order valence-corrected chi connectivity index (χ1v) is 8.95. The van der Waals surface area contributed by atoms with Gasteiger partial charge in [-0.2, -0.15) is 9.40 Å². The first-order chi connectivity index (χ1) is 9.75. The molecule has 1 aromatic heterocycles. The lowest BCUT2D eigenvalue weighted by Gasteiger charge is -2.33. The van der Waals surface area contributed by atoms with E-state index in [0.717, 1.165) is 0 Å². The third-order valence-electron chi connectivity index (χ3n) is 3.55. The number of sulfonamides is 1. The molecular formula is C12H19ClN4O3S. The number of aromatic nitrogens is 2. The molecule has 1 aliphatic heterocycles. The molecule has 2 rings (SSSR count). The van der Waals surface area contributed by atoms with Crippen LogP contribution in [0.25, 0.3) is 0 Å². The van der Waals surface area contributed by atoms with Crippen LogP contribution in [0.2, 0.25) is 5.02 Å². The molecule has 0 N–H and O–H groups in total. The number of carbonyl (C=O) groups is 1. The highest BCUT2D eigenvalue weighted by molar-refractivity contribution is 7.88. The highest BCUT2D eigenvalue weighted by Gasteiger charge is 2.30. The quantitative estimate of drug-likeness (QED) is 0.810. The Morgan fingerprint density at radius 3 is 2.33 bits per heavy atom. The van der Waals surface area contributed by atoms with Gasteiger partial charge in [0.25, 0.3) is 5.91 Å². The molecule has 0 atom stereocenters. The number of hydrogen-bond acceptors (Lipinski definition) is 4. The predicted octanol–water partition coefficient (Wildman–Crippen LogP) is 0.582. The largest absolute Gasteiger partial charge is 0.335 e. The summed E-state index contributed by atoms with van der Waals surface area (Å²) < 4.78 is 25.9. The van der Waals surface area contributed by atoms with Gasteiger partial charge >= 0.3 is 0 Å². The molecule has 1 aliphatic rings. The minimum absolute atomic E-state index is 0.199. The van der Waals surface area contributed by atoms with Crippen LogP contribution >= 0.6 is 11.6 Å². The molecule has 1 amide bonds. The molecule has 2 heterocycles. The van der Waals surface area contributed by atoms with Gasteiger partial charge in [0.05, 0.1) is 17.0 Å². The van der Waals surface area contributed by atoms with Gasteiger partial charge in [0, 0.05) is 32.7 Å². The van der Waals surface area contributed by atoms with E-state index < -0.39 is 10.0 Å². The Kier molecular flexibility index (Phi) is 4.60. The molecule has 9 heteroatoms. The Morgan fingerprint density at radius 2 is 1.86 bits per heavy atom. The molecule has 1 saturated heterocycles. The van der Waals surface area contributed by atoms with Gasteiger partial charge in [-0.05, 0) is 13.8 Å². The van der Waals surface area contributed by atoms with Crippen molar-refractivity contribution in [3.8, 4) is 0 Å². The van der Waals surface area contributed by atoms with E-state index in [0.29, 0.717) is 49.1 Å². The lowest BCUT2D eigenvalue weighted by molar-refractivity contribution is 0.0686. The molecule has 1 aromatic rings. The lowest BCUT2D eigenvalue weighted by atomic mass is 10.3. The lowest BCUT2D eigenvalue weighted by Crippen LogP contribution is -2.50. The van der Waals surface area contributed by atoms with Crippen molar-refractivity contribution in [2.75, 3.05) is 32.4 Å². The fourth-order valence-electron chi connectivity index (χ4n) is 2.37. The molecule has 1 fully saturated rings. The van der Waals surface area contributed by atoms with Gasteiger partial charge in [-0.3, -0.25) is 9.48 Å². The monoisotopic (exact) mass is 334 g/mol. The molecule has 0 aromatic carbocycles. The zero-order chi connectivity index (χ0) is 15.8. The van der Waals surface area contributed by atoms with E-state index in [1.807, 2.05) is 6.92 Å². The SMILES string of the molecule is CCn1nc(C)c(Cl)c1C(=O)N1CCN(S(C)(=O)=O)CC1. The van der Waals surface area contributed by atoms with Crippen molar-refractivity contribution in [3.63, 3.8) is 0 Å². The number of carbonyl (C=O) groups excluding carboxylic acids is 1. The van der Waals surface area contributed by atoms with Gasteiger partial charge in [0.15, 0.2) is 0 Å². The molecule has 0 saturated carbocycles. The van der Waals surface area contributed by atoms with Crippen LogP contribution in [0.5, 0.6) is 0 Å². The maximum Gasteiger partial charge on any atom is 0.273 e. The van der Waals surface area contributed by atoms with Crippen LogP contribution in [0.1, 0.15) is 23.1 Å². The standard InChI is InChI=1S/C12H19ClN4O3S/c1-4-17-11(10(13)9(2)14-17)12(18)15-5-7-16(8-6-15)21(3,19)20/h4-8H2,1-3H3. The van der Waals surface area contributed by atoms with Gasteiger partial charge in [-0.1, -0.05) is 11.6 Å². The van der Waals surface area contributed by atoms with E-state index in [2.05, 4.69) is 5.10 Å². The van der Waals surface area contributed by atoms with Crippen LogP contribution in [-0.4, -0.2) is 65.7 Å². The van der Waals surface area contributed by atoms with Crippen LogP contribution in [0.4, 0.5) is 0 Å². The predicted molar refractivity (Wildman–Crippen MR) is 80.0 cm³/mol. The van der Waals surface area contributed by atoms with Crippen LogP contribution < -0.4 is 0 Å². The normalized spacial score (nSPS) is 17.2. The van der Waals surface area contributed by atoms with E-state index in [1.165, 1.54) is 10.6 Å². The van der Waals surface area contributed by atoms with Crippen LogP contribution in [-0.2, 0) is 16.6 Å². The third-order valence-corrected chi connectivity index (χ3v) is 5.31. The Bertz CT molecular complexity index is 648. The third kappa shape index (κ3) is 3.22. The first-order valence-electron chi connectivity index (χ1n) is 6.73. The molecule has 21 heavy (non-hydrogen) atoms. The molecule has 0 radical (unpaired) electrons. The topological polar surface area (TPSA) is 75.5 Å². The van der Waals surface area contributed by atoms with Gasteiger partial charge in [0.1, 0.15) is 5.69 Å². The molecule has 118 valence electrons. The Morgan fingerprint density at radius 1 is 1.29 bits per heavy atom. The summed E-state index contributed by atoms with van der Waals surface area (Å²) in [6, 6.07) is 0. The summed E-state index contributed by atoms with van der Waals surface area (Å²) >= 11 is 6.17. The number of nitrogens with zero attached hydrogens (tertiary/aromatic N) is 4. The highest BCUT2D eigenvalue weighted by atomic mass is 35.5. The summed E-state index contributed by atoms with van der Waals surface area (Å²) in [5.74, 6) is -0.199. The van der Waals surface area contributed by atoms with Crippen molar-refractivity contribution in [1.82, 2.24) is 19.0 Å². The van der Waals surface area contributed by atoms with Crippen LogP contribution in [0.15, 0.2) is 0 Å². The average Bonchev–Trinajstić information content (AvgIpc) is 2.73. The summed E-state index contributed by atoms with van der Waals surface area (Å²) in [6.45, 7) is 5.53. The minimum atomic E-state index is -3.20. The number of aryl methyl sites for hydroxylation is 2. The zero-order valence-electron chi connectivity index (χ0n) is 12.3. The summed E-state index contributed by atoms with van der Waals surface area (Å²) in [7, 11) is -3.20. The maximum atomic E-state index is 12.6. The smallest absolute Gasteiger partial charge is 0.273 e. The molecule has 0 spiro atoms. The van der Waals surface area contributed by atoms with Gasteiger partial charge in [0.2, 0.25) is 10.0 Å². The fraction of sp³-hybridized carbons (Fsp3) is 0.667. The second-order valence-electron chi connectivity index (χ2n) is 5.02. The molecule has 0 aliphatic carbocycles. The summed E-state index contributed by atoms with van der Waals surface area (Å²) in [5, 5.41) is 4.60. The van der Waals surface area contributed by atoms with Crippen LogP contribution in [0, 0.1) is 6.92 Å². The van der Waals surface area contributed by atoms with Crippen LogP contribution in [0.3, 0.4) is 0 Å². The zero-order valence-corrected chi connectivity index (χ0v) is 13.9. The number of rotatable bonds is 3. The number of piperazine rings is 1. The van der Waals surface area contributed by atoms with Crippen molar-refractivity contribution in [3.05, 3.63) is 16.4 Å². The highest BCUT2D eigenvalue weighted by Crippen LogP contribution is 2.22. The Hall–Kier alpha value is -1.12. The van der Waals surface area contributed by atoms with Gasteiger partial charge in [-0.15, -0.1) is 0 Å². The van der Waals surface area contributed by atoms with E-state index in [4.69, 9.17) is 11.6 Å². The van der Waals surface area contributed by atoms with Crippen molar-refractivity contribution in [1.29, 1.82) is 0 Å². The number of hydrogen-bond donors (Lipinski definition) is 0. The van der Waals surface area contributed by atoms with Crippen molar-refractivity contribution >= 4 is 27.5 Å². The second kappa shape index (κ2) is 5.94.